The molecule has 0 heterocycles. The van der Waals surface area contributed by atoms with E-state index in [0.717, 1.165) is 12.8 Å². The van der Waals surface area contributed by atoms with Crippen LogP contribution in [0.25, 0.3) is 0 Å². The van der Waals surface area contributed by atoms with Crippen LogP contribution in [0.1, 0.15) is 12.8 Å². The quantitative estimate of drug-likeness (QED) is 0.441. The summed E-state index contributed by atoms with van der Waals surface area (Å²) in [5.74, 6) is 0. The molecule has 7 heavy (non-hydrogen) atoms. The Hall–Kier alpha value is -0.0400. The minimum atomic E-state index is 1.07. The van der Waals surface area contributed by atoms with Crippen molar-refractivity contribution in [3.05, 3.63) is 23.7 Å². The van der Waals surface area contributed by atoms with Crippen LogP contribution in [0, 0.1) is 0 Å². The fourth-order valence-corrected chi connectivity index (χ4v) is 0.541. The van der Waals surface area contributed by atoms with Gasteiger partial charge in [-0.1, -0.05) is 28.1 Å². The molecule has 0 saturated heterocycles. The molecule has 0 nitrogen and oxygen atoms in total. The van der Waals surface area contributed by atoms with Gasteiger partial charge in [0.05, 0.1) is 0 Å². The molecule has 1 heteroatoms. The number of allylic oxidation sites excluding steroid dienone is 2. The molecule has 0 aromatic carbocycles. The van der Waals surface area contributed by atoms with Gasteiger partial charge in [0.15, 0.2) is 0 Å². The van der Waals surface area contributed by atoms with Crippen molar-refractivity contribution in [2.45, 2.75) is 12.8 Å². The standard InChI is InChI=1S/C6H9Br/c1-2-3-4-5-6-7/h2,5-6H,1,3-4H2. The third kappa shape index (κ3) is 5.96. The first-order valence-electron chi connectivity index (χ1n) is 2.28. The van der Waals surface area contributed by atoms with Crippen molar-refractivity contribution in [3.63, 3.8) is 0 Å². The summed E-state index contributed by atoms with van der Waals surface area (Å²) in [6.07, 6.45) is 6.13. The van der Waals surface area contributed by atoms with Gasteiger partial charge in [0, 0.05) is 0 Å². The molecule has 0 radical (unpaired) electrons. The summed E-state index contributed by atoms with van der Waals surface area (Å²) < 4.78 is 0. The Kier molecular flexibility index (Phi) is 5.93. The summed E-state index contributed by atoms with van der Waals surface area (Å²) in [5, 5.41) is 0. The van der Waals surface area contributed by atoms with E-state index in [1.807, 2.05) is 11.1 Å². The molecule has 40 valence electrons. The van der Waals surface area contributed by atoms with Crippen LogP contribution in [0.5, 0.6) is 0 Å². The smallest absolute Gasteiger partial charge is 0.0229 e. The maximum Gasteiger partial charge on any atom is -0.0229 e. The molecule has 0 amide bonds. The zero-order valence-electron chi connectivity index (χ0n) is 4.23. The van der Waals surface area contributed by atoms with Gasteiger partial charge in [-0.3, -0.25) is 0 Å². The lowest BCUT2D eigenvalue weighted by Gasteiger charge is -1.78. The summed E-state index contributed by atoms with van der Waals surface area (Å²) in [5.41, 5.74) is 0. The molecule has 0 aliphatic heterocycles. The average molecular weight is 161 g/mol. The van der Waals surface area contributed by atoms with E-state index in [1.54, 1.807) is 0 Å². The fourth-order valence-electron chi connectivity index (χ4n) is 0.277. The first kappa shape index (κ1) is 6.96. The van der Waals surface area contributed by atoms with Crippen LogP contribution in [0.3, 0.4) is 0 Å². The highest BCUT2D eigenvalue weighted by atomic mass is 79.9. The second-order valence-electron chi connectivity index (χ2n) is 1.23. The molecule has 0 aromatic rings. The predicted molar refractivity (Wildman–Crippen MR) is 37.5 cm³/mol. The molecule has 0 saturated carbocycles. The van der Waals surface area contributed by atoms with Gasteiger partial charge in [0.1, 0.15) is 0 Å². The van der Waals surface area contributed by atoms with Crippen LogP contribution < -0.4 is 0 Å². The lowest BCUT2D eigenvalue weighted by atomic mass is 10.3. The maximum atomic E-state index is 3.58. The molecule has 0 atom stereocenters. The van der Waals surface area contributed by atoms with E-state index in [9.17, 15) is 0 Å². The Balaban J connectivity index is 2.82. The number of halogens is 1. The van der Waals surface area contributed by atoms with Crippen LogP contribution in [-0.2, 0) is 0 Å². The van der Waals surface area contributed by atoms with Crippen molar-refractivity contribution in [1.82, 2.24) is 0 Å². The molecule has 0 aliphatic rings. The van der Waals surface area contributed by atoms with Gasteiger partial charge < -0.3 is 0 Å². The molecule has 0 rings (SSSR count). The highest BCUT2D eigenvalue weighted by Gasteiger charge is 1.69. The van der Waals surface area contributed by atoms with Crippen LogP contribution in [0.2, 0.25) is 0 Å². The second-order valence-corrected chi connectivity index (χ2v) is 1.76. The first-order valence-corrected chi connectivity index (χ1v) is 3.19. The second kappa shape index (κ2) is 5.96. The highest BCUT2D eigenvalue weighted by Crippen LogP contribution is 1.92. The third-order valence-electron chi connectivity index (χ3n) is 0.627. The number of unbranched alkanes of at least 4 members (excludes halogenated alkanes) is 1. The SMILES string of the molecule is C=CCCC=CBr. The van der Waals surface area contributed by atoms with Crippen molar-refractivity contribution in [2.75, 3.05) is 0 Å². The van der Waals surface area contributed by atoms with Gasteiger partial charge in [-0.05, 0) is 17.8 Å². The van der Waals surface area contributed by atoms with Gasteiger partial charge in [-0.2, -0.15) is 0 Å². The molecule has 0 bridgehead atoms. The summed E-state index contributed by atoms with van der Waals surface area (Å²) in [4.78, 5) is 1.87. The molecular weight excluding hydrogens is 152 g/mol. The summed E-state index contributed by atoms with van der Waals surface area (Å²) in [7, 11) is 0. The normalized spacial score (nSPS) is 9.86. The third-order valence-corrected chi connectivity index (χ3v) is 1.00. The molecule has 0 fully saturated rings. The minimum Gasteiger partial charge on any atom is -0.103 e. The Morgan fingerprint density at radius 1 is 1.43 bits per heavy atom. The number of hydrogen-bond donors (Lipinski definition) is 0. The molecule has 0 spiro atoms. The predicted octanol–water partition coefficient (Wildman–Crippen LogP) is 2.86. The zero-order valence-corrected chi connectivity index (χ0v) is 5.82. The first-order chi connectivity index (χ1) is 3.41. The lowest BCUT2D eigenvalue weighted by Crippen LogP contribution is -1.57. The number of hydrogen-bond acceptors (Lipinski definition) is 0. The molecule has 0 aromatic heterocycles. The summed E-state index contributed by atoms with van der Waals surface area (Å²) in [6, 6.07) is 0. The van der Waals surface area contributed by atoms with Crippen molar-refractivity contribution < 1.29 is 0 Å². The van der Waals surface area contributed by atoms with Crippen molar-refractivity contribution in [3.8, 4) is 0 Å². The lowest BCUT2D eigenvalue weighted by molar-refractivity contribution is 1.06. The fraction of sp³-hybridized carbons (Fsp3) is 0.333. The van der Waals surface area contributed by atoms with Gasteiger partial charge in [-0.15, -0.1) is 6.58 Å². The topological polar surface area (TPSA) is 0 Å². The van der Waals surface area contributed by atoms with Gasteiger partial charge in [0.2, 0.25) is 0 Å². The summed E-state index contributed by atoms with van der Waals surface area (Å²) in [6.45, 7) is 3.58. The zero-order chi connectivity index (χ0) is 5.54. The van der Waals surface area contributed by atoms with Crippen LogP contribution in [0.15, 0.2) is 23.7 Å². The van der Waals surface area contributed by atoms with Crippen LogP contribution in [0.4, 0.5) is 0 Å². The largest absolute Gasteiger partial charge is 0.103 e. The van der Waals surface area contributed by atoms with Crippen LogP contribution in [-0.4, -0.2) is 0 Å². The monoisotopic (exact) mass is 160 g/mol. The van der Waals surface area contributed by atoms with Gasteiger partial charge in [0.25, 0.3) is 0 Å². The Morgan fingerprint density at radius 2 is 2.14 bits per heavy atom. The summed E-state index contributed by atoms with van der Waals surface area (Å²) >= 11 is 3.16. The van der Waals surface area contributed by atoms with E-state index in [2.05, 4.69) is 28.6 Å². The molecular formula is C6H9Br. The van der Waals surface area contributed by atoms with Crippen molar-refractivity contribution in [2.24, 2.45) is 0 Å². The van der Waals surface area contributed by atoms with E-state index in [1.165, 1.54) is 0 Å². The molecule has 0 aliphatic carbocycles. The Morgan fingerprint density at radius 3 is 2.57 bits per heavy atom. The number of rotatable bonds is 3. The highest BCUT2D eigenvalue weighted by molar-refractivity contribution is 9.11. The van der Waals surface area contributed by atoms with E-state index in [4.69, 9.17) is 0 Å². The van der Waals surface area contributed by atoms with Crippen LogP contribution >= 0.6 is 15.9 Å². The molecule has 0 N–H and O–H groups in total. The van der Waals surface area contributed by atoms with E-state index >= 15 is 0 Å². The maximum absolute atomic E-state index is 3.58. The van der Waals surface area contributed by atoms with E-state index in [0.29, 0.717) is 0 Å². The van der Waals surface area contributed by atoms with E-state index in [-0.39, 0.29) is 0 Å². The Bertz CT molecular complexity index is 64.6. The Labute approximate surface area is 53.1 Å². The molecule has 0 unspecified atom stereocenters. The van der Waals surface area contributed by atoms with E-state index < -0.39 is 0 Å². The van der Waals surface area contributed by atoms with Gasteiger partial charge in [-0.25, -0.2) is 0 Å². The van der Waals surface area contributed by atoms with Gasteiger partial charge >= 0.3 is 0 Å². The average Bonchev–Trinajstić information content (AvgIpc) is 1.69. The minimum absolute atomic E-state index is 1.07. The van der Waals surface area contributed by atoms with Crippen molar-refractivity contribution in [1.29, 1.82) is 0 Å². The van der Waals surface area contributed by atoms with Crippen molar-refractivity contribution >= 4 is 15.9 Å².